The third-order valence-corrected chi connectivity index (χ3v) is 3.41. The predicted octanol–water partition coefficient (Wildman–Crippen LogP) is 2.93. The van der Waals surface area contributed by atoms with E-state index in [4.69, 9.17) is 11.6 Å². The van der Waals surface area contributed by atoms with Gasteiger partial charge < -0.3 is 5.32 Å². The van der Waals surface area contributed by atoms with Crippen LogP contribution in [0.5, 0.6) is 0 Å². The molecule has 0 spiro atoms. The van der Waals surface area contributed by atoms with Crippen molar-refractivity contribution in [3.8, 4) is 0 Å². The number of halogens is 4. The van der Waals surface area contributed by atoms with Gasteiger partial charge in [-0.3, -0.25) is 0 Å². The number of anilines is 1. The van der Waals surface area contributed by atoms with Crippen LogP contribution < -0.4 is 5.32 Å². The van der Waals surface area contributed by atoms with Crippen molar-refractivity contribution in [1.29, 1.82) is 0 Å². The van der Waals surface area contributed by atoms with Crippen molar-refractivity contribution >= 4 is 17.4 Å². The van der Waals surface area contributed by atoms with Crippen LogP contribution in [-0.4, -0.2) is 22.6 Å². The molecule has 1 aromatic heterocycles. The zero-order chi connectivity index (χ0) is 12.5. The van der Waals surface area contributed by atoms with Crippen LogP contribution >= 0.6 is 11.6 Å². The SMILES string of the molecule is FC(F)(F)c1ccc(NCC2(CCl)CC2)nn1. The average Bonchev–Trinajstić information content (AvgIpc) is 3.06. The van der Waals surface area contributed by atoms with Crippen molar-refractivity contribution in [2.24, 2.45) is 5.41 Å². The number of rotatable bonds is 4. The molecular formula is C10H11ClF3N3. The quantitative estimate of drug-likeness (QED) is 0.851. The molecule has 2 rings (SSSR count). The summed E-state index contributed by atoms with van der Waals surface area (Å²) in [6.45, 7) is 0.622. The van der Waals surface area contributed by atoms with E-state index in [0.717, 1.165) is 18.9 Å². The van der Waals surface area contributed by atoms with Crippen LogP contribution in [0.15, 0.2) is 12.1 Å². The average molecular weight is 266 g/mol. The zero-order valence-corrected chi connectivity index (χ0v) is 9.65. The largest absolute Gasteiger partial charge is 0.435 e. The third-order valence-electron chi connectivity index (χ3n) is 2.84. The third kappa shape index (κ3) is 3.00. The van der Waals surface area contributed by atoms with Crippen LogP contribution in [0.25, 0.3) is 0 Å². The van der Waals surface area contributed by atoms with E-state index in [1.54, 1.807) is 0 Å². The van der Waals surface area contributed by atoms with Crippen molar-refractivity contribution in [3.05, 3.63) is 17.8 Å². The topological polar surface area (TPSA) is 37.8 Å². The lowest BCUT2D eigenvalue weighted by Crippen LogP contribution is -2.18. The fourth-order valence-electron chi connectivity index (χ4n) is 1.39. The van der Waals surface area contributed by atoms with Gasteiger partial charge in [-0.25, -0.2) is 0 Å². The number of hydrogen-bond donors (Lipinski definition) is 1. The molecule has 0 aliphatic heterocycles. The van der Waals surface area contributed by atoms with E-state index in [2.05, 4.69) is 15.5 Å². The van der Waals surface area contributed by atoms with Crippen LogP contribution in [-0.2, 0) is 6.18 Å². The lowest BCUT2D eigenvalue weighted by Gasteiger charge is -2.12. The monoisotopic (exact) mass is 265 g/mol. The summed E-state index contributed by atoms with van der Waals surface area (Å²) in [4.78, 5) is 0. The lowest BCUT2D eigenvalue weighted by molar-refractivity contribution is -0.141. The van der Waals surface area contributed by atoms with Gasteiger partial charge in [0.15, 0.2) is 5.69 Å². The predicted molar refractivity (Wildman–Crippen MR) is 57.9 cm³/mol. The number of nitrogens with one attached hydrogen (secondary N) is 1. The van der Waals surface area contributed by atoms with Gasteiger partial charge in [-0.2, -0.15) is 13.2 Å². The molecule has 0 unspecified atom stereocenters. The van der Waals surface area contributed by atoms with E-state index in [1.165, 1.54) is 6.07 Å². The minimum Gasteiger partial charge on any atom is -0.368 e. The van der Waals surface area contributed by atoms with Crippen LogP contribution in [0.2, 0.25) is 0 Å². The van der Waals surface area contributed by atoms with Gasteiger partial charge in [-0.15, -0.1) is 21.8 Å². The van der Waals surface area contributed by atoms with Crippen LogP contribution in [0.3, 0.4) is 0 Å². The molecular weight excluding hydrogens is 255 g/mol. The molecule has 0 radical (unpaired) electrons. The molecule has 1 heterocycles. The molecule has 3 nitrogen and oxygen atoms in total. The first kappa shape index (κ1) is 12.4. The summed E-state index contributed by atoms with van der Waals surface area (Å²) in [6, 6.07) is 2.19. The van der Waals surface area contributed by atoms with Crippen LogP contribution in [0.4, 0.5) is 19.0 Å². The Morgan fingerprint density at radius 2 is 2.00 bits per heavy atom. The van der Waals surface area contributed by atoms with E-state index in [9.17, 15) is 13.2 Å². The van der Waals surface area contributed by atoms with Gasteiger partial charge in [0, 0.05) is 17.8 Å². The molecule has 7 heteroatoms. The standard InChI is InChI=1S/C10H11ClF3N3/c11-5-9(3-4-9)6-15-8-2-1-7(16-17-8)10(12,13)14/h1-2H,3-6H2,(H,15,17). The highest BCUT2D eigenvalue weighted by atomic mass is 35.5. The normalized spacial score (nSPS) is 17.9. The highest BCUT2D eigenvalue weighted by Crippen LogP contribution is 2.46. The van der Waals surface area contributed by atoms with Gasteiger partial charge in [0.25, 0.3) is 0 Å². The van der Waals surface area contributed by atoms with Gasteiger partial charge in [-0.1, -0.05) is 0 Å². The summed E-state index contributed by atoms with van der Waals surface area (Å²) >= 11 is 5.78. The molecule has 1 aliphatic carbocycles. The van der Waals surface area contributed by atoms with E-state index in [1.807, 2.05) is 0 Å². The van der Waals surface area contributed by atoms with Crippen LogP contribution in [0.1, 0.15) is 18.5 Å². The van der Waals surface area contributed by atoms with Gasteiger partial charge >= 0.3 is 6.18 Å². The van der Waals surface area contributed by atoms with Gasteiger partial charge in [0.1, 0.15) is 5.82 Å². The summed E-state index contributed by atoms with van der Waals surface area (Å²) < 4.78 is 36.7. The molecule has 17 heavy (non-hydrogen) atoms. The maximum Gasteiger partial charge on any atom is 0.435 e. The van der Waals surface area contributed by atoms with Crippen molar-refractivity contribution in [2.45, 2.75) is 19.0 Å². The fraction of sp³-hybridized carbons (Fsp3) is 0.600. The van der Waals surface area contributed by atoms with Crippen molar-refractivity contribution < 1.29 is 13.2 Å². The Labute approximate surface area is 101 Å². The Kier molecular flexibility index (Phi) is 3.16. The Hall–Kier alpha value is -1.04. The second-order valence-electron chi connectivity index (χ2n) is 4.29. The maximum absolute atomic E-state index is 12.2. The summed E-state index contributed by atoms with van der Waals surface area (Å²) in [5.74, 6) is 0.892. The molecule has 0 aromatic carbocycles. The summed E-state index contributed by atoms with van der Waals surface area (Å²) in [7, 11) is 0. The molecule has 94 valence electrons. The van der Waals surface area contributed by atoms with Crippen molar-refractivity contribution in [2.75, 3.05) is 17.7 Å². The lowest BCUT2D eigenvalue weighted by atomic mass is 10.1. The first-order valence-electron chi connectivity index (χ1n) is 5.16. The molecule has 0 saturated heterocycles. The maximum atomic E-state index is 12.2. The minimum atomic E-state index is -4.45. The number of hydrogen-bond acceptors (Lipinski definition) is 3. The van der Waals surface area contributed by atoms with E-state index in [-0.39, 0.29) is 5.41 Å². The smallest absolute Gasteiger partial charge is 0.368 e. The molecule has 0 bridgehead atoms. The van der Waals surface area contributed by atoms with E-state index in [0.29, 0.717) is 18.2 Å². The first-order chi connectivity index (χ1) is 7.95. The first-order valence-corrected chi connectivity index (χ1v) is 5.69. The highest BCUT2D eigenvalue weighted by Gasteiger charge is 2.41. The molecule has 0 amide bonds. The Bertz CT molecular complexity index is 387. The fourth-order valence-corrected chi connectivity index (χ4v) is 1.75. The highest BCUT2D eigenvalue weighted by molar-refractivity contribution is 6.18. The van der Waals surface area contributed by atoms with E-state index < -0.39 is 11.9 Å². The van der Waals surface area contributed by atoms with E-state index >= 15 is 0 Å². The second kappa shape index (κ2) is 4.33. The zero-order valence-electron chi connectivity index (χ0n) is 8.89. The van der Waals surface area contributed by atoms with Crippen LogP contribution in [0, 0.1) is 5.41 Å². The number of alkyl halides is 4. The number of nitrogens with zero attached hydrogens (tertiary/aromatic N) is 2. The Morgan fingerprint density at radius 1 is 1.29 bits per heavy atom. The molecule has 0 atom stereocenters. The van der Waals surface area contributed by atoms with Gasteiger partial charge in [-0.05, 0) is 25.0 Å². The Morgan fingerprint density at radius 3 is 2.41 bits per heavy atom. The van der Waals surface area contributed by atoms with Gasteiger partial charge in [0.2, 0.25) is 0 Å². The molecule has 1 saturated carbocycles. The minimum absolute atomic E-state index is 0.0892. The summed E-state index contributed by atoms with van der Waals surface area (Å²) in [5.41, 5.74) is -0.895. The van der Waals surface area contributed by atoms with Crippen molar-refractivity contribution in [3.63, 3.8) is 0 Å². The molecule has 1 N–H and O–H groups in total. The molecule has 1 aliphatic rings. The van der Waals surface area contributed by atoms with Gasteiger partial charge in [0.05, 0.1) is 0 Å². The molecule has 1 fully saturated rings. The summed E-state index contributed by atoms with van der Waals surface area (Å²) in [6.07, 6.45) is -2.37. The van der Waals surface area contributed by atoms with Crippen molar-refractivity contribution in [1.82, 2.24) is 10.2 Å². The summed E-state index contributed by atoms with van der Waals surface area (Å²) in [5, 5.41) is 9.56. The Balaban J connectivity index is 1.94. The second-order valence-corrected chi connectivity index (χ2v) is 4.56. The number of aromatic nitrogens is 2. The molecule has 1 aromatic rings.